The van der Waals surface area contributed by atoms with Crippen LogP contribution in [0.2, 0.25) is 5.22 Å². The summed E-state index contributed by atoms with van der Waals surface area (Å²) in [5, 5.41) is 7.98. The third-order valence-corrected chi connectivity index (χ3v) is 3.04. The van der Waals surface area contributed by atoms with E-state index in [1.807, 2.05) is 23.9 Å². The van der Waals surface area contributed by atoms with Crippen LogP contribution in [-0.2, 0) is 0 Å². The summed E-state index contributed by atoms with van der Waals surface area (Å²) in [6, 6.07) is 4.17. The summed E-state index contributed by atoms with van der Waals surface area (Å²) in [6.45, 7) is 4.19. The molecule has 0 amide bonds. The zero-order chi connectivity index (χ0) is 12.4. The van der Waals surface area contributed by atoms with Crippen molar-refractivity contribution in [3.8, 4) is 0 Å². The number of aromatic nitrogens is 2. The van der Waals surface area contributed by atoms with Crippen molar-refractivity contribution in [2.45, 2.75) is 25.9 Å². The van der Waals surface area contributed by atoms with Crippen molar-refractivity contribution in [2.24, 2.45) is 0 Å². The van der Waals surface area contributed by atoms with Gasteiger partial charge in [0.1, 0.15) is 0 Å². The summed E-state index contributed by atoms with van der Waals surface area (Å²) in [5.41, 5.74) is 2.00. The highest BCUT2D eigenvalue weighted by Crippen LogP contribution is 2.29. The largest absolute Gasteiger partial charge is 0.453 e. The van der Waals surface area contributed by atoms with Crippen LogP contribution in [0.5, 0.6) is 0 Å². The molecule has 0 aliphatic rings. The highest BCUT2D eigenvalue weighted by Gasteiger charge is 2.21. The highest BCUT2D eigenvalue weighted by atomic mass is 35.5. The van der Waals surface area contributed by atoms with Crippen molar-refractivity contribution < 1.29 is 4.42 Å². The van der Waals surface area contributed by atoms with Crippen LogP contribution in [0.3, 0.4) is 0 Å². The molecule has 92 valence electrons. The van der Waals surface area contributed by atoms with E-state index in [4.69, 9.17) is 16.0 Å². The van der Waals surface area contributed by atoms with Crippen LogP contribution in [0.25, 0.3) is 0 Å². The fourth-order valence-electron chi connectivity index (χ4n) is 1.96. The van der Waals surface area contributed by atoms with Crippen molar-refractivity contribution in [1.29, 1.82) is 0 Å². The van der Waals surface area contributed by atoms with E-state index in [1.165, 1.54) is 0 Å². The molecule has 2 heterocycles. The molecule has 5 heteroatoms. The monoisotopic (exact) mass is 253 g/mol. The van der Waals surface area contributed by atoms with E-state index >= 15 is 0 Å². The van der Waals surface area contributed by atoms with Crippen molar-refractivity contribution in [3.05, 3.63) is 41.1 Å². The van der Waals surface area contributed by atoms with Gasteiger partial charge in [0.05, 0.1) is 18.0 Å². The Hall–Kier alpha value is -1.26. The summed E-state index contributed by atoms with van der Waals surface area (Å²) in [6.07, 6.45) is 3.39. The van der Waals surface area contributed by atoms with Gasteiger partial charge in [-0.15, -0.1) is 0 Å². The second kappa shape index (κ2) is 4.94. The molecular formula is C12H16ClN3O. The first-order chi connectivity index (χ1) is 8.15. The van der Waals surface area contributed by atoms with Crippen LogP contribution in [-0.4, -0.2) is 16.8 Å². The Balaban J connectivity index is 2.43. The second-order valence-corrected chi connectivity index (χ2v) is 4.51. The normalized spacial score (nSPS) is 13.2. The first kappa shape index (κ1) is 12.2. The van der Waals surface area contributed by atoms with Gasteiger partial charge in [-0.1, -0.05) is 0 Å². The minimum Gasteiger partial charge on any atom is -0.453 e. The Bertz CT molecular complexity index is 489. The molecule has 0 bridgehead atoms. The van der Waals surface area contributed by atoms with Gasteiger partial charge in [-0.25, -0.2) is 0 Å². The summed E-state index contributed by atoms with van der Waals surface area (Å²) >= 11 is 6.03. The van der Waals surface area contributed by atoms with Gasteiger partial charge in [0.15, 0.2) is 5.22 Å². The second-order valence-electron chi connectivity index (χ2n) is 4.17. The molecule has 2 aromatic rings. The smallest absolute Gasteiger partial charge is 0.198 e. The molecule has 2 aromatic heterocycles. The van der Waals surface area contributed by atoms with Gasteiger partial charge in [0.25, 0.3) is 0 Å². The van der Waals surface area contributed by atoms with Crippen LogP contribution in [0.1, 0.15) is 37.2 Å². The maximum absolute atomic E-state index is 6.03. The lowest BCUT2D eigenvalue weighted by Crippen LogP contribution is -2.22. The van der Waals surface area contributed by atoms with Crippen LogP contribution in [0.15, 0.2) is 29.0 Å². The predicted octanol–water partition coefficient (Wildman–Crippen LogP) is 3.02. The Labute approximate surface area is 106 Å². The number of nitrogens with one attached hydrogen (secondary N) is 1. The number of furan rings is 1. The molecule has 0 aliphatic heterocycles. The first-order valence-corrected chi connectivity index (χ1v) is 5.96. The van der Waals surface area contributed by atoms with Gasteiger partial charge in [0, 0.05) is 17.8 Å². The predicted molar refractivity (Wildman–Crippen MR) is 67.2 cm³/mol. The minimum atomic E-state index is -0.00819. The maximum atomic E-state index is 6.03. The quantitative estimate of drug-likeness (QED) is 0.911. The molecule has 1 atom stereocenters. The van der Waals surface area contributed by atoms with Crippen LogP contribution in [0.4, 0.5) is 0 Å². The van der Waals surface area contributed by atoms with Crippen molar-refractivity contribution in [1.82, 2.24) is 15.1 Å². The Morgan fingerprint density at radius 2 is 2.18 bits per heavy atom. The lowest BCUT2D eigenvalue weighted by atomic mass is 10.1. The zero-order valence-corrected chi connectivity index (χ0v) is 10.9. The van der Waals surface area contributed by atoms with E-state index in [-0.39, 0.29) is 6.04 Å². The summed E-state index contributed by atoms with van der Waals surface area (Å²) in [4.78, 5) is 0. The van der Waals surface area contributed by atoms with Crippen molar-refractivity contribution in [3.63, 3.8) is 0 Å². The van der Waals surface area contributed by atoms with Gasteiger partial charge in [-0.05, 0) is 44.6 Å². The van der Waals surface area contributed by atoms with E-state index in [1.54, 1.807) is 12.5 Å². The van der Waals surface area contributed by atoms with Gasteiger partial charge in [-0.3, -0.25) is 4.68 Å². The fraction of sp³-hybridized carbons (Fsp3) is 0.417. The molecule has 0 saturated carbocycles. The van der Waals surface area contributed by atoms with Crippen LogP contribution >= 0.6 is 11.6 Å². The molecule has 0 spiro atoms. The molecule has 4 nitrogen and oxygen atoms in total. The summed E-state index contributed by atoms with van der Waals surface area (Å²) in [5.74, 6) is 0. The molecule has 0 fully saturated rings. The molecule has 1 N–H and O–H groups in total. The molecule has 0 radical (unpaired) electrons. The average molecular weight is 254 g/mol. The maximum Gasteiger partial charge on any atom is 0.198 e. The molecular weight excluding hydrogens is 238 g/mol. The highest BCUT2D eigenvalue weighted by molar-refractivity contribution is 6.29. The van der Waals surface area contributed by atoms with Gasteiger partial charge in [-0.2, -0.15) is 5.10 Å². The van der Waals surface area contributed by atoms with Crippen LogP contribution in [0, 0.1) is 0 Å². The average Bonchev–Trinajstić information content (AvgIpc) is 2.90. The molecule has 17 heavy (non-hydrogen) atoms. The van der Waals surface area contributed by atoms with E-state index < -0.39 is 0 Å². The lowest BCUT2D eigenvalue weighted by molar-refractivity contribution is 0.481. The van der Waals surface area contributed by atoms with Gasteiger partial charge >= 0.3 is 0 Å². The third kappa shape index (κ3) is 2.23. The van der Waals surface area contributed by atoms with E-state index in [2.05, 4.69) is 24.3 Å². The number of nitrogens with zero attached hydrogens (tertiary/aromatic N) is 2. The zero-order valence-electron chi connectivity index (χ0n) is 10.1. The van der Waals surface area contributed by atoms with Gasteiger partial charge < -0.3 is 9.73 Å². The minimum absolute atomic E-state index is 0.00819. The molecule has 0 aromatic carbocycles. The molecule has 2 rings (SSSR count). The summed E-state index contributed by atoms with van der Waals surface area (Å²) in [7, 11) is 1.89. The Kier molecular flexibility index (Phi) is 3.54. The summed E-state index contributed by atoms with van der Waals surface area (Å²) < 4.78 is 7.12. The van der Waals surface area contributed by atoms with E-state index in [0.717, 1.165) is 11.3 Å². The number of hydrogen-bond acceptors (Lipinski definition) is 3. The number of hydrogen-bond donors (Lipinski definition) is 1. The van der Waals surface area contributed by atoms with E-state index in [0.29, 0.717) is 11.3 Å². The van der Waals surface area contributed by atoms with Crippen molar-refractivity contribution >= 4 is 11.6 Å². The fourth-order valence-corrected chi connectivity index (χ4v) is 2.18. The molecule has 1 unspecified atom stereocenters. The SMILES string of the molecule is CNC(c1ccoc1Cl)c1ccnn1C(C)C. The molecule has 0 saturated heterocycles. The number of rotatable bonds is 4. The van der Waals surface area contributed by atoms with Crippen LogP contribution < -0.4 is 5.32 Å². The molecule has 0 aliphatic carbocycles. The topological polar surface area (TPSA) is 43.0 Å². The van der Waals surface area contributed by atoms with Crippen molar-refractivity contribution in [2.75, 3.05) is 7.05 Å². The Morgan fingerprint density at radius 1 is 1.41 bits per heavy atom. The lowest BCUT2D eigenvalue weighted by Gasteiger charge is -2.19. The number of halogens is 1. The van der Waals surface area contributed by atoms with Gasteiger partial charge in [0.2, 0.25) is 0 Å². The standard InChI is InChI=1S/C12H16ClN3O/c1-8(2)16-10(4-6-15-16)11(14-3)9-5-7-17-12(9)13/h4-8,11,14H,1-3H3. The van der Waals surface area contributed by atoms with E-state index in [9.17, 15) is 0 Å². The third-order valence-electron chi connectivity index (χ3n) is 2.73. The first-order valence-electron chi connectivity index (χ1n) is 5.58. The Morgan fingerprint density at radius 3 is 2.71 bits per heavy atom.